The Hall–Kier alpha value is -1.20. The van der Waals surface area contributed by atoms with Crippen molar-refractivity contribution in [1.29, 1.82) is 0 Å². The summed E-state index contributed by atoms with van der Waals surface area (Å²) in [6, 6.07) is 0.301. The van der Waals surface area contributed by atoms with Gasteiger partial charge in [-0.15, -0.1) is 0 Å². The molecule has 1 fully saturated rings. The van der Waals surface area contributed by atoms with E-state index in [1.54, 1.807) is 0 Å². The number of aromatic nitrogens is 2. The van der Waals surface area contributed by atoms with Crippen LogP contribution < -0.4 is 0 Å². The van der Waals surface area contributed by atoms with Crippen LogP contribution in [0.15, 0.2) is 0 Å². The van der Waals surface area contributed by atoms with Crippen LogP contribution in [0.25, 0.3) is 0 Å². The minimum Gasteiger partial charge on any atom is -0.381 e. The lowest BCUT2D eigenvalue weighted by Crippen LogP contribution is -2.22. The van der Waals surface area contributed by atoms with Crippen LogP contribution in [0.4, 0.5) is 0 Å². The van der Waals surface area contributed by atoms with Gasteiger partial charge in [0, 0.05) is 25.2 Å². The summed E-state index contributed by atoms with van der Waals surface area (Å²) in [6.45, 7) is 2.73. The Morgan fingerprint density at radius 2 is 2.06 bits per heavy atom. The standard InChI is InChI=1S/C12H16N2O3/c15-7-12-10-8-17-6-3-11(10)13-14(12)9-1-4-16-5-2-9/h7,9H,1-6,8H2. The minimum atomic E-state index is 0.301. The van der Waals surface area contributed by atoms with Gasteiger partial charge in [0.2, 0.25) is 0 Å². The van der Waals surface area contributed by atoms with Crippen LogP contribution in [-0.4, -0.2) is 35.9 Å². The van der Waals surface area contributed by atoms with Crippen LogP contribution in [0.1, 0.15) is 40.6 Å². The van der Waals surface area contributed by atoms with Crippen molar-refractivity contribution in [3.63, 3.8) is 0 Å². The van der Waals surface area contributed by atoms with E-state index < -0.39 is 0 Å². The average molecular weight is 236 g/mol. The van der Waals surface area contributed by atoms with Gasteiger partial charge < -0.3 is 9.47 Å². The number of rotatable bonds is 2. The minimum absolute atomic E-state index is 0.301. The third kappa shape index (κ3) is 1.89. The molecule has 2 aliphatic heterocycles. The summed E-state index contributed by atoms with van der Waals surface area (Å²) in [5.41, 5.74) is 2.72. The van der Waals surface area contributed by atoms with Gasteiger partial charge in [-0.05, 0) is 12.8 Å². The van der Waals surface area contributed by atoms with Crippen molar-refractivity contribution in [3.8, 4) is 0 Å². The molecule has 5 heteroatoms. The molecule has 1 aromatic rings. The summed E-state index contributed by atoms with van der Waals surface area (Å²) in [5, 5.41) is 4.60. The molecule has 1 aromatic heterocycles. The largest absolute Gasteiger partial charge is 0.381 e. The zero-order valence-electron chi connectivity index (χ0n) is 9.72. The highest BCUT2D eigenvalue weighted by atomic mass is 16.5. The molecule has 3 heterocycles. The van der Waals surface area contributed by atoms with E-state index in [1.165, 1.54) is 0 Å². The molecule has 17 heavy (non-hydrogen) atoms. The van der Waals surface area contributed by atoms with Crippen LogP contribution in [0.5, 0.6) is 0 Å². The monoisotopic (exact) mass is 236 g/mol. The Labute approximate surface area is 99.7 Å². The molecule has 0 atom stereocenters. The van der Waals surface area contributed by atoms with Gasteiger partial charge in [0.05, 0.1) is 24.9 Å². The van der Waals surface area contributed by atoms with Gasteiger partial charge in [-0.25, -0.2) is 0 Å². The van der Waals surface area contributed by atoms with Crippen molar-refractivity contribution in [2.45, 2.75) is 31.9 Å². The molecule has 92 valence electrons. The van der Waals surface area contributed by atoms with Crippen LogP contribution in [0.2, 0.25) is 0 Å². The van der Waals surface area contributed by atoms with E-state index in [2.05, 4.69) is 5.10 Å². The maximum atomic E-state index is 11.3. The second kappa shape index (κ2) is 4.58. The fourth-order valence-corrected chi connectivity index (χ4v) is 2.56. The first-order chi connectivity index (χ1) is 8.40. The molecule has 5 nitrogen and oxygen atoms in total. The van der Waals surface area contributed by atoms with E-state index in [4.69, 9.17) is 9.47 Å². The van der Waals surface area contributed by atoms with Gasteiger partial charge in [-0.1, -0.05) is 0 Å². The second-order valence-electron chi connectivity index (χ2n) is 4.52. The lowest BCUT2D eigenvalue weighted by atomic mass is 10.1. The number of carbonyl (C=O) groups is 1. The van der Waals surface area contributed by atoms with Crippen molar-refractivity contribution < 1.29 is 14.3 Å². The maximum absolute atomic E-state index is 11.3. The summed E-state index contributed by atoms with van der Waals surface area (Å²) in [7, 11) is 0. The van der Waals surface area contributed by atoms with Crippen molar-refractivity contribution in [2.24, 2.45) is 0 Å². The van der Waals surface area contributed by atoms with E-state index in [0.717, 1.165) is 50.0 Å². The molecule has 3 rings (SSSR count). The fourth-order valence-electron chi connectivity index (χ4n) is 2.56. The number of carbonyl (C=O) groups excluding carboxylic acids is 1. The van der Waals surface area contributed by atoms with Gasteiger partial charge in [-0.3, -0.25) is 9.48 Å². The molecule has 0 unspecified atom stereocenters. The van der Waals surface area contributed by atoms with Crippen LogP contribution in [-0.2, 0) is 22.5 Å². The van der Waals surface area contributed by atoms with E-state index in [1.807, 2.05) is 4.68 Å². The van der Waals surface area contributed by atoms with Gasteiger partial charge in [-0.2, -0.15) is 5.10 Å². The van der Waals surface area contributed by atoms with E-state index >= 15 is 0 Å². The zero-order chi connectivity index (χ0) is 11.7. The first kappa shape index (κ1) is 10.9. The molecule has 0 amide bonds. The van der Waals surface area contributed by atoms with E-state index in [0.29, 0.717) is 24.9 Å². The SMILES string of the molecule is O=Cc1c2c(nn1C1CCOCC1)CCOC2. The highest BCUT2D eigenvalue weighted by Crippen LogP contribution is 2.26. The molecule has 0 N–H and O–H groups in total. The number of fused-ring (bicyclic) bond motifs is 1. The summed E-state index contributed by atoms with van der Waals surface area (Å²) >= 11 is 0. The molecule has 0 saturated carbocycles. The van der Waals surface area contributed by atoms with Crippen molar-refractivity contribution in [1.82, 2.24) is 9.78 Å². The normalized spacial score (nSPS) is 21.2. The number of ether oxygens (including phenoxy) is 2. The third-order valence-electron chi connectivity index (χ3n) is 3.51. The summed E-state index contributed by atoms with van der Waals surface area (Å²) in [5.74, 6) is 0. The molecule has 2 aliphatic rings. The first-order valence-electron chi connectivity index (χ1n) is 6.11. The topological polar surface area (TPSA) is 53.4 Å². The Morgan fingerprint density at radius 1 is 1.24 bits per heavy atom. The number of hydrogen-bond donors (Lipinski definition) is 0. The second-order valence-corrected chi connectivity index (χ2v) is 4.52. The Kier molecular flexibility index (Phi) is 2.94. The lowest BCUT2D eigenvalue weighted by Gasteiger charge is -2.23. The highest BCUT2D eigenvalue weighted by molar-refractivity contribution is 5.75. The highest BCUT2D eigenvalue weighted by Gasteiger charge is 2.25. The van der Waals surface area contributed by atoms with Crippen LogP contribution >= 0.6 is 0 Å². The van der Waals surface area contributed by atoms with Gasteiger partial charge in [0.15, 0.2) is 6.29 Å². The molecule has 1 saturated heterocycles. The quantitative estimate of drug-likeness (QED) is 0.722. The van der Waals surface area contributed by atoms with Crippen molar-refractivity contribution in [3.05, 3.63) is 17.0 Å². The summed E-state index contributed by atoms with van der Waals surface area (Å²) < 4.78 is 12.6. The molecule has 0 bridgehead atoms. The predicted molar refractivity (Wildman–Crippen MR) is 60.1 cm³/mol. The zero-order valence-corrected chi connectivity index (χ0v) is 9.72. The summed E-state index contributed by atoms with van der Waals surface area (Å²) in [4.78, 5) is 11.3. The lowest BCUT2D eigenvalue weighted by molar-refractivity contribution is 0.0650. The number of aldehydes is 1. The number of nitrogens with zero attached hydrogens (tertiary/aromatic N) is 2. The smallest absolute Gasteiger partial charge is 0.168 e. The Balaban J connectivity index is 1.97. The van der Waals surface area contributed by atoms with Gasteiger partial charge in [0.1, 0.15) is 5.69 Å². The van der Waals surface area contributed by atoms with Crippen molar-refractivity contribution in [2.75, 3.05) is 19.8 Å². The Morgan fingerprint density at radius 3 is 2.82 bits per heavy atom. The van der Waals surface area contributed by atoms with Gasteiger partial charge in [0.25, 0.3) is 0 Å². The Bertz CT molecular complexity index is 422. The molecular formula is C12H16N2O3. The fraction of sp³-hybridized carbons (Fsp3) is 0.667. The predicted octanol–water partition coefficient (Wildman–Crippen LogP) is 1.12. The van der Waals surface area contributed by atoms with Crippen LogP contribution in [0.3, 0.4) is 0 Å². The van der Waals surface area contributed by atoms with Crippen LogP contribution in [0, 0.1) is 0 Å². The molecule has 0 spiro atoms. The molecule has 0 radical (unpaired) electrons. The maximum Gasteiger partial charge on any atom is 0.168 e. The van der Waals surface area contributed by atoms with Crippen molar-refractivity contribution >= 4 is 6.29 Å². The average Bonchev–Trinajstić information content (AvgIpc) is 2.78. The third-order valence-corrected chi connectivity index (χ3v) is 3.51. The summed E-state index contributed by atoms with van der Waals surface area (Å²) in [6.07, 6.45) is 3.59. The van der Waals surface area contributed by atoms with E-state index in [-0.39, 0.29) is 0 Å². The first-order valence-corrected chi connectivity index (χ1v) is 6.11. The molecule has 0 aromatic carbocycles. The number of hydrogen-bond acceptors (Lipinski definition) is 4. The molecular weight excluding hydrogens is 220 g/mol. The van der Waals surface area contributed by atoms with Gasteiger partial charge >= 0.3 is 0 Å². The van der Waals surface area contributed by atoms with E-state index in [9.17, 15) is 4.79 Å². The molecule has 0 aliphatic carbocycles.